The van der Waals surface area contributed by atoms with Crippen LogP contribution in [-0.2, 0) is 13.0 Å². The Balaban J connectivity index is 2.32. The largest absolute Gasteiger partial charge is 0.328 e. The highest BCUT2D eigenvalue weighted by Crippen LogP contribution is 2.17. The zero-order valence-electron chi connectivity index (χ0n) is 12.5. The molecule has 0 bridgehead atoms. The molecule has 0 aliphatic heterocycles. The van der Waals surface area contributed by atoms with Gasteiger partial charge < -0.3 is 5.73 Å². The van der Waals surface area contributed by atoms with Crippen molar-refractivity contribution in [3.8, 4) is 6.07 Å². The highest BCUT2D eigenvalue weighted by atomic mass is 19.1. The van der Waals surface area contributed by atoms with Crippen molar-refractivity contribution in [2.24, 2.45) is 5.73 Å². The van der Waals surface area contributed by atoms with Gasteiger partial charge in [-0.25, -0.2) is 4.39 Å². The van der Waals surface area contributed by atoms with E-state index in [1.807, 2.05) is 31.5 Å². The summed E-state index contributed by atoms with van der Waals surface area (Å²) in [7, 11) is 0. The summed E-state index contributed by atoms with van der Waals surface area (Å²) in [4.78, 5) is 0. The molecule has 0 aliphatic rings. The van der Waals surface area contributed by atoms with E-state index in [1.165, 1.54) is 12.1 Å². The van der Waals surface area contributed by atoms with Gasteiger partial charge in [0.2, 0.25) is 0 Å². The van der Waals surface area contributed by atoms with Crippen molar-refractivity contribution in [3.63, 3.8) is 0 Å². The molecule has 21 heavy (non-hydrogen) atoms. The molecule has 5 heteroatoms. The van der Waals surface area contributed by atoms with Gasteiger partial charge in [-0.05, 0) is 56.5 Å². The lowest BCUT2D eigenvalue weighted by Gasteiger charge is -2.08. The first-order valence-electron chi connectivity index (χ1n) is 6.88. The molecule has 110 valence electrons. The number of hydrogen-bond acceptors (Lipinski definition) is 3. The Bertz CT molecular complexity index is 695. The van der Waals surface area contributed by atoms with E-state index >= 15 is 0 Å². The van der Waals surface area contributed by atoms with Gasteiger partial charge in [-0.2, -0.15) is 10.4 Å². The minimum Gasteiger partial charge on any atom is -0.328 e. The Labute approximate surface area is 124 Å². The van der Waals surface area contributed by atoms with Crippen LogP contribution in [0.3, 0.4) is 0 Å². The minimum absolute atomic E-state index is 0.0689. The zero-order valence-corrected chi connectivity index (χ0v) is 12.5. The van der Waals surface area contributed by atoms with Gasteiger partial charge in [-0.1, -0.05) is 0 Å². The summed E-state index contributed by atoms with van der Waals surface area (Å²) in [6.07, 6.45) is 0.768. The fourth-order valence-corrected chi connectivity index (χ4v) is 2.48. The molecule has 1 aromatic carbocycles. The van der Waals surface area contributed by atoms with Crippen molar-refractivity contribution >= 4 is 0 Å². The molecule has 0 saturated heterocycles. The Morgan fingerprint density at radius 3 is 2.71 bits per heavy atom. The van der Waals surface area contributed by atoms with Crippen LogP contribution in [0.25, 0.3) is 0 Å². The van der Waals surface area contributed by atoms with E-state index in [9.17, 15) is 4.39 Å². The monoisotopic (exact) mass is 286 g/mol. The van der Waals surface area contributed by atoms with Gasteiger partial charge in [-0.3, -0.25) is 4.68 Å². The van der Waals surface area contributed by atoms with Crippen molar-refractivity contribution in [2.45, 2.75) is 39.8 Å². The van der Waals surface area contributed by atoms with E-state index in [1.54, 1.807) is 6.07 Å². The number of hydrogen-bond donors (Lipinski definition) is 1. The van der Waals surface area contributed by atoms with Gasteiger partial charge in [0.25, 0.3) is 0 Å². The van der Waals surface area contributed by atoms with Crippen molar-refractivity contribution in [2.75, 3.05) is 0 Å². The molecule has 1 aromatic heterocycles. The maximum absolute atomic E-state index is 13.5. The molecule has 1 atom stereocenters. The quantitative estimate of drug-likeness (QED) is 0.938. The van der Waals surface area contributed by atoms with Crippen LogP contribution in [0, 0.1) is 31.0 Å². The second-order valence-electron chi connectivity index (χ2n) is 5.45. The molecule has 1 unspecified atom stereocenters. The Kier molecular flexibility index (Phi) is 4.39. The van der Waals surface area contributed by atoms with E-state index < -0.39 is 5.82 Å². The van der Waals surface area contributed by atoms with Crippen LogP contribution in [0.15, 0.2) is 18.2 Å². The number of aromatic nitrogens is 2. The molecule has 0 saturated carbocycles. The van der Waals surface area contributed by atoms with Gasteiger partial charge in [-0.15, -0.1) is 0 Å². The predicted octanol–water partition coefficient (Wildman–Crippen LogP) is 2.45. The molecule has 2 aromatic rings. The normalized spacial score (nSPS) is 12.2. The number of benzene rings is 1. The summed E-state index contributed by atoms with van der Waals surface area (Å²) >= 11 is 0. The summed E-state index contributed by atoms with van der Waals surface area (Å²) in [6, 6.07) is 6.38. The molecule has 0 aliphatic carbocycles. The molecular formula is C16H19FN4. The molecule has 0 spiro atoms. The third-order valence-corrected chi connectivity index (χ3v) is 3.48. The van der Waals surface area contributed by atoms with Crippen LogP contribution < -0.4 is 5.73 Å². The van der Waals surface area contributed by atoms with E-state index in [2.05, 4.69) is 5.10 Å². The van der Waals surface area contributed by atoms with Crippen LogP contribution in [-0.4, -0.2) is 15.8 Å². The number of rotatable bonds is 4. The topological polar surface area (TPSA) is 67.6 Å². The third kappa shape index (κ3) is 3.47. The molecule has 0 amide bonds. The van der Waals surface area contributed by atoms with Crippen molar-refractivity contribution in [3.05, 3.63) is 52.1 Å². The SMILES string of the molecule is Cc1nn(Cc2cc(F)cc(C#N)c2)c(C)c1CC(C)N. The van der Waals surface area contributed by atoms with Gasteiger partial charge in [0, 0.05) is 11.7 Å². The average Bonchev–Trinajstić information content (AvgIpc) is 2.65. The second kappa shape index (κ2) is 6.06. The zero-order chi connectivity index (χ0) is 15.6. The molecular weight excluding hydrogens is 267 g/mol. The number of nitrogens with zero attached hydrogens (tertiary/aromatic N) is 3. The van der Waals surface area contributed by atoms with Crippen LogP contribution in [0.4, 0.5) is 4.39 Å². The lowest BCUT2D eigenvalue weighted by atomic mass is 10.1. The smallest absolute Gasteiger partial charge is 0.124 e. The Hall–Kier alpha value is -2.19. The first kappa shape index (κ1) is 15.2. The number of nitrogens with two attached hydrogens (primary N) is 1. The van der Waals surface area contributed by atoms with Crippen molar-refractivity contribution in [1.82, 2.24) is 9.78 Å². The lowest BCUT2D eigenvalue weighted by Crippen LogP contribution is -2.18. The maximum Gasteiger partial charge on any atom is 0.124 e. The van der Waals surface area contributed by atoms with Gasteiger partial charge in [0.1, 0.15) is 5.82 Å². The molecule has 4 nitrogen and oxygen atoms in total. The highest BCUT2D eigenvalue weighted by molar-refractivity contribution is 5.34. The minimum atomic E-state index is -0.401. The highest BCUT2D eigenvalue weighted by Gasteiger charge is 2.13. The van der Waals surface area contributed by atoms with E-state index in [0.29, 0.717) is 12.1 Å². The van der Waals surface area contributed by atoms with E-state index in [-0.39, 0.29) is 6.04 Å². The number of halogens is 1. The average molecular weight is 286 g/mol. The molecule has 0 radical (unpaired) electrons. The maximum atomic E-state index is 13.5. The molecule has 0 fully saturated rings. The van der Waals surface area contributed by atoms with Gasteiger partial charge in [0.15, 0.2) is 0 Å². The first-order chi connectivity index (χ1) is 9.90. The summed E-state index contributed by atoms with van der Waals surface area (Å²) in [5, 5.41) is 13.4. The summed E-state index contributed by atoms with van der Waals surface area (Å²) in [6.45, 7) is 6.34. The Morgan fingerprint density at radius 2 is 2.10 bits per heavy atom. The van der Waals surface area contributed by atoms with Crippen molar-refractivity contribution < 1.29 is 4.39 Å². The number of nitriles is 1. The van der Waals surface area contributed by atoms with Crippen molar-refractivity contribution in [1.29, 1.82) is 5.26 Å². The van der Waals surface area contributed by atoms with Crippen LogP contribution in [0.2, 0.25) is 0 Å². The summed E-state index contributed by atoms with van der Waals surface area (Å²) in [5.41, 5.74) is 10.0. The van der Waals surface area contributed by atoms with Gasteiger partial charge in [0.05, 0.1) is 23.9 Å². The fraction of sp³-hybridized carbons (Fsp3) is 0.375. The lowest BCUT2D eigenvalue weighted by molar-refractivity contribution is 0.614. The summed E-state index contributed by atoms with van der Waals surface area (Å²) in [5.74, 6) is -0.401. The van der Waals surface area contributed by atoms with Crippen LogP contribution in [0.5, 0.6) is 0 Å². The predicted molar refractivity (Wildman–Crippen MR) is 79.3 cm³/mol. The second-order valence-corrected chi connectivity index (χ2v) is 5.45. The molecule has 2 N–H and O–H groups in total. The molecule has 2 rings (SSSR count). The third-order valence-electron chi connectivity index (χ3n) is 3.48. The van der Waals surface area contributed by atoms with Crippen LogP contribution in [0.1, 0.15) is 35.0 Å². The fourth-order valence-electron chi connectivity index (χ4n) is 2.48. The molecule has 1 heterocycles. The summed E-state index contributed by atoms with van der Waals surface area (Å²) < 4.78 is 15.3. The van der Waals surface area contributed by atoms with Gasteiger partial charge >= 0.3 is 0 Å². The van der Waals surface area contributed by atoms with E-state index in [0.717, 1.165) is 28.9 Å². The first-order valence-corrected chi connectivity index (χ1v) is 6.88. The number of aryl methyl sites for hydroxylation is 1. The van der Waals surface area contributed by atoms with E-state index in [4.69, 9.17) is 11.0 Å². The standard InChI is InChI=1S/C16H19FN4/c1-10(19)4-16-11(2)20-21(12(16)3)9-14-5-13(8-18)6-15(17)7-14/h5-7,10H,4,9,19H2,1-3H3. The Morgan fingerprint density at radius 1 is 1.38 bits per heavy atom. The van der Waals surface area contributed by atoms with Crippen LogP contribution >= 0.6 is 0 Å².